The Hall–Kier alpha value is -2.92. The number of carbonyl (C=O) groups is 1. The lowest BCUT2D eigenvalue weighted by atomic mass is 9.98. The molecule has 3 heterocycles. The van der Waals surface area contributed by atoms with E-state index in [-0.39, 0.29) is 23.2 Å². The minimum absolute atomic E-state index is 0.000933. The summed E-state index contributed by atoms with van der Waals surface area (Å²) in [6.45, 7) is 1.18. The maximum atomic E-state index is 13.3. The standard InChI is InChI=1S/C22H19NO4/c24-20-16-10-4-5-11-17(16)27-21-18(20)19(14-7-2-1-3-8-14)23(22(21)25)13-15-9-6-12-26-15/h1-5,7-8,10-11,15,19H,6,9,12-13H2. The van der Waals surface area contributed by atoms with Gasteiger partial charge >= 0.3 is 0 Å². The highest BCUT2D eigenvalue weighted by Gasteiger charge is 2.43. The summed E-state index contributed by atoms with van der Waals surface area (Å²) >= 11 is 0. The SMILES string of the molecule is O=C1c2oc3ccccc3c(=O)c2C(c2ccccc2)N1CC1CCCO1. The number of hydrogen-bond donors (Lipinski definition) is 0. The fourth-order valence-electron chi connectivity index (χ4n) is 4.15. The second-order valence-electron chi connectivity index (χ2n) is 7.08. The van der Waals surface area contributed by atoms with Crippen LogP contribution in [0.1, 0.15) is 40.6 Å². The van der Waals surface area contributed by atoms with Gasteiger partial charge in [0, 0.05) is 13.2 Å². The first kappa shape index (κ1) is 16.3. The maximum Gasteiger partial charge on any atom is 0.291 e. The summed E-state index contributed by atoms with van der Waals surface area (Å²) in [6.07, 6.45) is 1.92. The van der Waals surface area contributed by atoms with Crippen molar-refractivity contribution in [1.82, 2.24) is 4.90 Å². The van der Waals surface area contributed by atoms with Gasteiger partial charge in [-0.25, -0.2) is 0 Å². The Labute approximate surface area is 156 Å². The van der Waals surface area contributed by atoms with Crippen LogP contribution in [-0.2, 0) is 4.74 Å². The van der Waals surface area contributed by atoms with Crippen molar-refractivity contribution < 1.29 is 13.9 Å². The maximum absolute atomic E-state index is 13.3. The molecular weight excluding hydrogens is 342 g/mol. The van der Waals surface area contributed by atoms with Crippen molar-refractivity contribution in [2.24, 2.45) is 0 Å². The molecule has 2 aromatic carbocycles. The second-order valence-corrected chi connectivity index (χ2v) is 7.08. The molecule has 0 N–H and O–H groups in total. The highest BCUT2D eigenvalue weighted by atomic mass is 16.5. The molecule has 2 atom stereocenters. The smallest absolute Gasteiger partial charge is 0.291 e. The molecule has 5 heteroatoms. The van der Waals surface area contributed by atoms with Gasteiger partial charge in [0.1, 0.15) is 5.58 Å². The molecule has 2 unspecified atom stereocenters. The van der Waals surface area contributed by atoms with E-state index in [2.05, 4.69) is 0 Å². The number of carbonyl (C=O) groups excluding carboxylic acids is 1. The van der Waals surface area contributed by atoms with Crippen molar-refractivity contribution >= 4 is 16.9 Å². The molecule has 5 nitrogen and oxygen atoms in total. The van der Waals surface area contributed by atoms with Crippen LogP contribution in [0.3, 0.4) is 0 Å². The summed E-state index contributed by atoms with van der Waals surface area (Å²) in [5, 5.41) is 0.504. The third-order valence-corrected chi connectivity index (χ3v) is 5.41. The molecule has 1 saturated heterocycles. The van der Waals surface area contributed by atoms with Crippen molar-refractivity contribution in [2.75, 3.05) is 13.2 Å². The number of nitrogens with zero attached hydrogens (tertiary/aromatic N) is 1. The second kappa shape index (κ2) is 6.35. The average Bonchev–Trinajstić information content (AvgIpc) is 3.31. The molecule has 1 amide bonds. The number of amides is 1. The van der Waals surface area contributed by atoms with Crippen LogP contribution in [0.15, 0.2) is 63.8 Å². The Morgan fingerprint density at radius 1 is 1.00 bits per heavy atom. The number of fused-ring (bicyclic) bond motifs is 2. The van der Waals surface area contributed by atoms with Gasteiger partial charge in [0.05, 0.1) is 23.1 Å². The molecule has 0 bridgehead atoms. The van der Waals surface area contributed by atoms with Gasteiger partial charge in [0.15, 0.2) is 5.43 Å². The zero-order valence-electron chi connectivity index (χ0n) is 14.8. The largest absolute Gasteiger partial charge is 0.450 e. The van der Waals surface area contributed by atoms with Crippen molar-refractivity contribution in [3.8, 4) is 0 Å². The van der Waals surface area contributed by atoms with Crippen LogP contribution >= 0.6 is 0 Å². The Morgan fingerprint density at radius 2 is 1.78 bits per heavy atom. The minimum Gasteiger partial charge on any atom is -0.450 e. The number of ether oxygens (including phenoxy) is 1. The van der Waals surface area contributed by atoms with E-state index in [1.165, 1.54) is 0 Å². The van der Waals surface area contributed by atoms with E-state index in [0.717, 1.165) is 25.0 Å². The Morgan fingerprint density at radius 3 is 2.56 bits per heavy atom. The first-order chi connectivity index (χ1) is 13.2. The molecule has 2 aliphatic heterocycles. The summed E-state index contributed by atoms with van der Waals surface area (Å²) < 4.78 is 11.7. The molecule has 0 spiro atoms. The number of rotatable bonds is 3. The van der Waals surface area contributed by atoms with Crippen molar-refractivity contribution in [2.45, 2.75) is 25.0 Å². The van der Waals surface area contributed by atoms with Gasteiger partial charge < -0.3 is 14.1 Å². The van der Waals surface area contributed by atoms with E-state index >= 15 is 0 Å². The van der Waals surface area contributed by atoms with E-state index in [4.69, 9.17) is 9.15 Å². The van der Waals surface area contributed by atoms with Crippen LogP contribution in [0.2, 0.25) is 0 Å². The van der Waals surface area contributed by atoms with E-state index < -0.39 is 6.04 Å². The van der Waals surface area contributed by atoms with Gasteiger partial charge in [-0.1, -0.05) is 42.5 Å². The summed E-state index contributed by atoms with van der Waals surface area (Å²) in [7, 11) is 0. The van der Waals surface area contributed by atoms with E-state index in [0.29, 0.717) is 23.1 Å². The van der Waals surface area contributed by atoms with Crippen LogP contribution in [-0.4, -0.2) is 30.1 Å². The lowest BCUT2D eigenvalue weighted by Crippen LogP contribution is -2.36. The summed E-state index contributed by atoms with van der Waals surface area (Å²) in [6, 6.07) is 16.3. The highest BCUT2D eigenvalue weighted by molar-refractivity contribution is 5.99. The Bertz CT molecular complexity index is 1070. The zero-order chi connectivity index (χ0) is 18.4. The summed E-state index contributed by atoms with van der Waals surface area (Å²) in [4.78, 5) is 28.2. The molecule has 0 radical (unpaired) electrons. The monoisotopic (exact) mass is 361 g/mol. The van der Waals surface area contributed by atoms with Gasteiger partial charge in [-0.2, -0.15) is 0 Å². The molecule has 136 valence electrons. The third-order valence-electron chi connectivity index (χ3n) is 5.41. The van der Waals surface area contributed by atoms with Gasteiger partial charge in [0.2, 0.25) is 5.76 Å². The Balaban J connectivity index is 1.70. The topological polar surface area (TPSA) is 59.8 Å². The van der Waals surface area contributed by atoms with Crippen LogP contribution in [0.25, 0.3) is 11.0 Å². The molecule has 1 fully saturated rings. The molecule has 0 aliphatic carbocycles. The molecule has 1 aromatic heterocycles. The first-order valence-corrected chi connectivity index (χ1v) is 9.27. The molecule has 5 rings (SSSR count). The number of hydrogen-bond acceptors (Lipinski definition) is 4. The normalized spacial score (nSPS) is 21.8. The average molecular weight is 361 g/mol. The van der Waals surface area contributed by atoms with Crippen molar-refractivity contribution in [1.29, 1.82) is 0 Å². The number of benzene rings is 2. The number of para-hydroxylation sites is 1. The van der Waals surface area contributed by atoms with Crippen molar-refractivity contribution in [3.63, 3.8) is 0 Å². The van der Waals surface area contributed by atoms with Crippen LogP contribution in [0, 0.1) is 0 Å². The molecule has 0 saturated carbocycles. The Kier molecular flexibility index (Phi) is 3.83. The lowest BCUT2D eigenvalue weighted by Gasteiger charge is -2.27. The van der Waals surface area contributed by atoms with Crippen LogP contribution in [0.5, 0.6) is 0 Å². The molecular formula is C22H19NO4. The van der Waals surface area contributed by atoms with Crippen molar-refractivity contribution in [3.05, 3.63) is 81.7 Å². The van der Waals surface area contributed by atoms with Crippen LogP contribution < -0.4 is 5.43 Å². The predicted molar refractivity (Wildman–Crippen MR) is 101 cm³/mol. The van der Waals surface area contributed by atoms with E-state index in [1.807, 2.05) is 36.4 Å². The van der Waals surface area contributed by atoms with Gasteiger partial charge in [-0.15, -0.1) is 0 Å². The minimum atomic E-state index is -0.446. The highest BCUT2D eigenvalue weighted by Crippen LogP contribution is 2.38. The van der Waals surface area contributed by atoms with E-state index in [1.54, 1.807) is 23.1 Å². The third kappa shape index (κ3) is 2.58. The summed E-state index contributed by atoms with van der Waals surface area (Å²) in [5.41, 5.74) is 1.65. The molecule has 2 aliphatic rings. The quantitative estimate of drug-likeness (QED) is 0.716. The lowest BCUT2D eigenvalue weighted by molar-refractivity contribution is 0.0486. The fourth-order valence-corrected chi connectivity index (χ4v) is 4.15. The van der Waals surface area contributed by atoms with E-state index in [9.17, 15) is 9.59 Å². The zero-order valence-corrected chi connectivity index (χ0v) is 14.8. The fraction of sp³-hybridized carbons (Fsp3) is 0.273. The predicted octanol–water partition coefficient (Wildman–Crippen LogP) is 3.52. The first-order valence-electron chi connectivity index (χ1n) is 9.27. The molecule has 3 aromatic rings. The summed E-state index contributed by atoms with van der Waals surface area (Å²) in [5.74, 6) is -0.0808. The molecule has 27 heavy (non-hydrogen) atoms. The van der Waals surface area contributed by atoms with Gasteiger partial charge in [0.25, 0.3) is 5.91 Å². The van der Waals surface area contributed by atoms with Gasteiger partial charge in [-0.3, -0.25) is 9.59 Å². The van der Waals surface area contributed by atoms with Crippen LogP contribution in [0.4, 0.5) is 0 Å². The van der Waals surface area contributed by atoms with Gasteiger partial charge in [-0.05, 0) is 30.5 Å².